The van der Waals surface area contributed by atoms with Crippen LogP contribution in [0, 0.1) is 25.7 Å². The minimum absolute atomic E-state index is 0.00343. The van der Waals surface area contributed by atoms with Gasteiger partial charge < -0.3 is 10.2 Å². The van der Waals surface area contributed by atoms with E-state index in [4.69, 9.17) is 0 Å². The van der Waals surface area contributed by atoms with Crippen LogP contribution in [0.5, 0.6) is 0 Å². The molecule has 1 saturated carbocycles. The largest absolute Gasteiger partial charge is 0.311 e. The average molecular weight is 366 g/mol. The van der Waals surface area contributed by atoms with Gasteiger partial charge in [-0.05, 0) is 56.7 Å². The molecule has 4 rings (SSSR count). The summed E-state index contributed by atoms with van der Waals surface area (Å²) in [6.07, 6.45) is 4.40. The van der Waals surface area contributed by atoms with Crippen molar-refractivity contribution in [3.63, 3.8) is 0 Å². The molecule has 1 aromatic carbocycles. The smallest absolute Gasteiger partial charge is 0.230 e. The topological polar surface area (TPSA) is 67.2 Å². The van der Waals surface area contributed by atoms with Crippen LogP contribution in [0.2, 0.25) is 0 Å². The zero-order valence-electron chi connectivity index (χ0n) is 16.1. The van der Waals surface area contributed by atoms with Crippen molar-refractivity contribution in [2.75, 3.05) is 16.8 Å². The summed E-state index contributed by atoms with van der Waals surface area (Å²) < 4.78 is 1.90. The number of benzene rings is 1. The summed E-state index contributed by atoms with van der Waals surface area (Å²) in [5, 5.41) is 7.38. The van der Waals surface area contributed by atoms with Crippen LogP contribution >= 0.6 is 0 Å². The minimum Gasteiger partial charge on any atom is -0.311 e. The summed E-state index contributed by atoms with van der Waals surface area (Å²) in [5.74, 6) is 0.909. The molecule has 1 saturated heterocycles. The van der Waals surface area contributed by atoms with E-state index in [0.29, 0.717) is 12.5 Å². The van der Waals surface area contributed by atoms with E-state index in [-0.39, 0.29) is 30.2 Å². The van der Waals surface area contributed by atoms with Gasteiger partial charge >= 0.3 is 0 Å². The number of aromatic nitrogens is 2. The lowest BCUT2D eigenvalue weighted by molar-refractivity contribution is -0.122. The van der Waals surface area contributed by atoms with E-state index in [9.17, 15) is 9.59 Å². The summed E-state index contributed by atoms with van der Waals surface area (Å²) in [4.78, 5) is 27.1. The second kappa shape index (κ2) is 6.83. The van der Waals surface area contributed by atoms with Gasteiger partial charge in [-0.15, -0.1) is 0 Å². The molecule has 2 fully saturated rings. The Kier molecular flexibility index (Phi) is 4.50. The molecular weight excluding hydrogens is 340 g/mol. The number of amides is 2. The number of nitrogens with zero attached hydrogens (tertiary/aromatic N) is 3. The van der Waals surface area contributed by atoms with E-state index in [2.05, 4.69) is 17.3 Å². The van der Waals surface area contributed by atoms with E-state index in [1.807, 2.05) is 42.8 Å². The predicted octanol–water partition coefficient (Wildman–Crippen LogP) is 3.46. The second-order valence-electron chi connectivity index (χ2n) is 7.85. The SMILES string of the molecule is Cc1cccc(N2CC(C(=O)Nc3ccnn3C(C)C3CC3)CC2=O)c1C. The summed E-state index contributed by atoms with van der Waals surface area (Å²) >= 11 is 0. The van der Waals surface area contributed by atoms with Crippen LogP contribution < -0.4 is 10.2 Å². The fourth-order valence-corrected chi connectivity index (χ4v) is 3.89. The zero-order valence-corrected chi connectivity index (χ0v) is 16.1. The molecule has 1 aliphatic carbocycles. The molecule has 0 bridgehead atoms. The van der Waals surface area contributed by atoms with Crippen LogP contribution in [0.4, 0.5) is 11.5 Å². The first kappa shape index (κ1) is 17.8. The predicted molar refractivity (Wildman–Crippen MR) is 105 cm³/mol. The van der Waals surface area contributed by atoms with Gasteiger partial charge in [-0.1, -0.05) is 12.1 Å². The first-order chi connectivity index (χ1) is 13.0. The van der Waals surface area contributed by atoms with E-state index in [1.165, 1.54) is 12.8 Å². The lowest BCUT2D eigenvalue weighted by Crippen LogP contribution is -2.29. The fourth-order valence-electron chi connectivity index (χ4n) is 3.89. The Morgan fingerprint density at radius 1 is 1.26 bits per heavy atom. The number of anilines is 2. The maximum Gasteiger partial charge on any atom is 0.230 e. The highest BCUT2D eigenvalue weighted by Gasteiger charge is 2.36. The summed E-state index contributed by atoms with van der Waals surface area (Å²) in [7, 11) is 0. The van der Waals surface area contributed by atoms with Crippen LogP contribution in [0.15, 0.2) is 30.5 Å². The third kappa shape index (κ3) is 3.36. The molecule has 142 valence electrons. The van der Waals surface area contributed by atoms with Crippen molar-refractivity contribution in [2.45, 2.75) is 46.1 Å². The highest BCUT2D eigenvalue weighted by molar-refractivity contribution is 6.03. The molecule has 2 amide bonds. The second-order valence-corrected chi connectivity index (χ2v) is 7.85. The van der Waals surface area contributed by atoms with Gasteiger partial charge in [-0.25, -0.2) is 4.68 Å². The number of hydrogen-bond acceptors (Lipinski definition) is 3. The van der Waals surface area contributed by atoms with Crippen molar-refractivity contribution >= 4 is 23.3 Å². The molecule has 1 aromatic heterocycles. The van der Waals surface area contributed by atoms with Crippen LogP contribution in [0.3, 0.4) is 0 Å². The maximum atomic E-state index is 12.8. The highest BCUT2D eigenvalue weighted by Crippen LogP contribution is 2.40. The Labute approximate surface area is 159 Å². The number of rotatable bonds is 5. The Morgan fingerprint density at radius 3 is 2.78 bits per heavy atom. The Hall–Kier alpha value is -2.63. The average Bonchev–Trinajstić information content (AvgIpc) is 3.28. The third-order valence-corrected chi connectivity index (χ3v) is 5.97. The summed E-state index contributed by atoms with van der Waals surface area (Å²) in [5.41, 5.74) is 3.14. The molecule has 2 heterocycles. The molecular formula is C21H26N4O2. The normalized spacial score (nSPS) is 20.8. The quantitative estimate of drug-likeness (QED) is 0.881. The van der Waals surface area contributed by atoms with Gasteiger partial charge in [0.2, 0.25) is 11.8 Å². The summed E-state index contributed by atoms with van der Waals surface area (Å²) in [6.45, 7) is 6.61. The van der Waals surface area contributed by atoms with Crippen molar-refractivity contribution in [1.29, 1.82) is 0 Å². The van der Waals surface area contributed by atoms with E-state index in [0.717, 1.165) is 22.6 Å². The molecule has 1 aliphatic heterocycles. The minimum atomic E-state index is -0.350. The monoisotopic (exact) mass is 366 g/mol. The number of carbonyl (C=O) groups excluding carboxylic acids is 2. The van der Waals surface area contributed by atoms with Gasteiger partial charge in [0.15, 0.2) is 0 Å². The molecule has 1 N–H and O–H groups in total. The zero-order chi connectivity index (χ0) is 19.1. The molecule has 2 atom stereocenters. The van der Waals surface area contributed by atoms with Crippen molar-refractivity contribution in [1.82, 2.24) is 9.78 Å². The maximum absolute atomic E-state index is 12.8. The molecule has 2 aliphatic rings. The van der Waals surface area contributed by atoms with Crippen LogP contribution in [0.1, 0.15) is 43.4 Å². The Balaban J connectivity index is 1.47. The van der Waals surface area contributed by atoms with Crippen molar-refractivity contribution in [3.05, 3.63) is 41.6 Å². The molecule has 0 spiro atoms. The van der Waals surface area contributed by atoms with Crippen LogP contribution in [0.25, 0.3) is 0 Å². The first-order valence-corrected chi connectivity index (χ1v) is 9.66. The number of nitrogens with one attached hydrogen (secondary N) is 1. The van der Waals surface area contributed by atoms with Gasteiger partial charge in [-0.3, -0.25) is 9.59 Å². The molecule has 6 nitrogen and oxygen atoms in total. The molecule has 6 heteroatoms. The van der Waals surface area contributed by atoms with Gasteiger partial charge in [0.1, 0.15) is 5.82 Å². The third-order valence-electron chi connectivity index (χ3n) is 5.97. The van der Waals surface area contributed by atoms with Crippen molar-refractivity contribution < 1.29 is 9.59 Å². The van der Waals surface area contributed by atoms with Gasteiger partial charge in [-0.2, -0.15) is 5.10 Å². The molecule has 2 aromatic rings. The van der Waals surface area contributed by atoms with Crippen LogP contribution in [-0.4, -0.2) is 28.1 Å². The Morgan fingerprint density at radius 2 is 2.04 bits per heavy atom. The molecule has 2 unspecified atom stereocenters. The molecule has 27 heavy (non-hydrogen) atoms. The van der Waals surface area contributed by atoms with Gasteiger partial charge in [0.05, 0.1) is 18.2 Å². The Bertz CT molecular complexity index is 884. The number of aryl methyl sites for hydroxylation is 1. The number of hydrogen-bond donors (Lipinski definition) is 1. The van der Waals surface area contributed by atoms with Crippen molar-refractivity contribution in [3.8, 4) is 0 Å². The van der Waals surface area contributed by atoms with Gasteiger partial charge in [0.25, 0.3) is 0 Å². The van der Waals surface area contributed by atoms with E-state index >= 15 is 0 Å². The van der Waals surface area contributed by atoms with Gasteiger partial charge in [0, 0.05) is 24.7 Å². The summed E-state index contributed by atoms with van der Waals surface area (Å²) in [6, 6.07) is 8.05. The number of carbonyl (C=O) groups is 2. The molecule has 0 radical (unpaired) electrons. The fraction of sp³-hybridized carbons (Fsp3) is 0.476. The first-order valence-electron chi connectivity index (χ1n) is 9.66. The highest BCUT2D eigenvalue weighted by atomic mass is 16.2. The van der Waals surface area contributed by atoms with E-state index < -0.39 is 0 Å². The standard InChI is InChI=1S/C21H26N4O2/c1-13-5-4-6-18(14(13)2)24-12-17(11-20(24)26)21(27)23-19-9-10-22-25(19)15(3)16-7-8-16/h4-6,9-10,15-17H,7-8,11-12H2,1-3H3,(H,23,27). The van der Waals surface area contributed by atoms with E-state index in [1.54, 1.807) is 11.1 Å². The van der Waals surface area contributed by atoms with Crippen molar-refractivity contribution in [2.24, 2.45) is 11.8 Å². The lowest BCUT2D eigenvalue weighted by Gasteiger charge is -2.20. The lowest BCUT2D eigenvalue weighted by atomic mass is 10.1. The van der Waals surface area contributed by atoms with Crippen LogP contribution in [-0.2, 0) is 9.59 Å².